The van der Waals surface area contributed by atoms with Crippen molar-refractivity contribution in [1.82, 2.24) is 10.2 Å². The van der Waals surface area contributed by atoms with Gasteiger partial charge >= 0.3 is 0 Å². The Labute approximate surface area is 122 Å². The Balaban J connectivity index is 1.44. The van der Waals surface area contributed by atoms with Gasteiger partial charge in [0.1, 0.15) is 0 Å². The first-order valence-corrected chi connectivity index (χ1v) is 8.45. The molecule has 3 rings (SSSR count). The van der Waals surface area contributed by atoms with Crippen LogP contribution in [0.1, 0.15) is 51.4 Å². The average Bonchev–Trinajstić information content (AvgIpc) is 3.18. The third-order valence-electron chi connectivity index (χ3n) is 5.18. The number of piperidine rings is 1. The number of hydrogen-bond acceptors (Lipinski definition) is 3. The lowest BCUT2D eigenvalue weighted by Gasteiger charge is -2.36. The van der Waals surface area contributed by atoms with Gasteiger partial charge in [-0.2, -0.15) is 0 Å². The fourth-order valence-corrected chi connectivity index (χ4v) is 3.99. The predicted molar refractivity (Wildman–Crippen MR) is 78.5 cm³/mol. The van der Waals surface area contributed by atoms with Gasteiger partial charge in [0.05, 0.1) is 6.10 Å². The molecule has 3 unspecified atom stereocenters. The lowest BCUT2D eigenvalue weighted by Crippen LogP contribution is -2.45. The minimum absolute atomic E-state index is 0.344. The minimum atomic E-state index is 0.344. The van der Waals surface area contributed by atoms with E-state index in [1.807, 2.05) is 0 Å². The molecule has 0 saturated carbocycles. The van der Waals surface area contributed by atoms with E-state index >= 15 is 0 Å². The summed E-state index contributed by atoms with van der Waals surface area (Å²) in [6.45, 7) is 3.99. The zero-order chi connectivity index (χ0) is 13.8. The summed E-state index contributed by atoms with van der Waals surface area (Å²) < 4.78 is 5.61. The van der Waals surface area contributed by atoms with Gasteiger partial charge in [-0.3, -0.25) is 4.79 Å². The van der Waals surface area contributed by atoms with Crippen molar-refractivity contribution in [2.24, 2.45) is 5.92 Å². The molecule has 0 aromatic carbocycles. The number of rotatable bonds is 4. The van der Waals surface area contributed by atoms with E-state index < -0.39 is 0 Å². The number of carbonyl (C=O) groups is 1. The van der Waals surface area contributed by atoms with E-state index in [1.54, 1.807) is 0 Å². The van der Waals surface area contributed by atoms with Gasteiger partial charge in [-0.1, -0.05) is 0 Å². The SMILES string of the molecule is O=C(CCC1CCCO1)N1CCCC(C2CCCN2)C1. The van der Waals surface area contributed by atoms with Crippen molar-refractivity contribution in [3.8, 4) is 0 Å². The summed E-state index contributed by atoms with van der Waals surface area (Å²) in [6, 6.07) is 0.656. The maximum atomic E-state index is 12.4. The monoisotopic (exact) mass is 280 g/mol. The number of likely N-dealkylation sites (tertiary alicyclic amines) is 1. The summed E-state index contributed by atoms with van der Waals surface area (Å²) in [6.07, 6.45) is 9.30. The number of hydrogen-bond donors (Lipinski definition) is 1. The second-order valence-electron chi connectivity index (χ2n) is 6.62. The average molecular weight is 280 g/mol. The Hall–Kier alpha value is -0.610. The zero-order valence-electron chi connectivity index (χ0n) is 12.5. The second kappa shape index (κ2) is 6.90. The van der Waals surface area contributed by atoms with E-state index in [2.05, 4.69) is 10.2 Å². The first kappa shape index (κ1) is 14.3. The topological polar surface area (TPSA) is 41.6 Å². The van der Waals surface area contributed by atoms with Crippen molar-refractivity contribution in [3.05, 3.63) is 0 Å². The second-order valence-corrected chi connectivity index (χ2v) is 6.62. The van der Waals surface area contributed by atoms with Gasteiger partial charge < -0.3 is 15.0 Å². The molecule has 0 bridgehead atoms. The highest BCUT2D eigenvalue weighted by molar-refractivity contribution is 5.76. The molecule has 0 aromatic rings. The summed E-state index contributed by atoms with van der Waals surface area (Å²) in [7, 11) is 0. The Morgan fingerprint density at radius 2 is 2.15 bits per heavy atom. The normalized spacial score (nSPS) is 34.6. The van der Waals surface area contributed by atoms with Gasteiger partial charge in [-0.25, -0.2) is 0 Å². The highest BCUT2D eigenvalue weighted by atomic mass is 16.5. The standard InChI is InChI=1S/C16H28N2O2/c19-16(8-7-14-5-3-11-20-14)18-10-2-4-13(12-18)15-6-1-9-17-15/h13-15,17H,1-12H2. The third kappa shape index (κ3) is 3.53. The lowest BCUT2D eigenvalue weighted by atomic mass is 9.89. The molecule has 3 fully saturated rings. The molecule has 0 radical (unpaired) electrons. The van der Waals surface area contributed by atoms with Gasteiger partial charge in [-0.15, -0.1) is 0 Å². The van der Waals surface area contributed by atoms with Gasteiger partial charge in [0, 0.05) is 32.2 Å². The lowest BCUT2D eigenvalue weighted by molar-refractivity contribution is -0.133. The molecular weight excluding hydrogens is 252 g/mol. The Morgan fingerprint density at radius 1 is 1.20 bits per heavy atom. The van der Waals surface area contributed by atoms with Crippen molar-refractivity contribution in [2.45, 2.75) is 63.5 Å². The highest BCUT2D eigenvalue weighted by Crippen LogP contribution is 2.25. The molecule has 3 aliphatic rings. The van der Waals surface area contributed by atoms with Gasteiger partial charge in [0.2, 0.25) is 5.91 Å². The molecule has 3 aliphatic heterocycles. The van der Waals surface area contributed by atoms with Crippen molar-refractivity contribution < 1.29 is 9.53 Å². The fraction of sp³-hybridized carbons (Fsp3) is 0.938. The molecule has 3 heterocycles. The molecule has 0 spiro atoms. The molecule has 4 heteroatoms. The first-order chi connectivity index (χ1) is 9.83. The van der Waals surface area contributed by atoms with Crippen LogP contribution in [0.3, 0.4) is 0 Å². The number of carbonyl (C=O) groups excluding carboxylic acids is 1. The summed E-state index contributed by atoms with van der Waals surface area (Å²) in [5.41, 5.74) is 0. The minimum Gasteiger partial charge on any atom is -0.378 e. The molecular formula is C16H28N2O2. The molecule has 114 valence electrons. The third-order valence-corrected chi connectivity index (χ3v) is 5.18. The van der Waals surface area contributed by atoms with E-state index in [-0.39, 0.29) is 0 Å². The van der Waals surface area contributed by atoms with Gasteiger partial charge in [0.25, 0.3) is 0 Å². The molecule has 0 aromatic heterocycles. The zero-order valence-corrected chi connectivity index (χ0v) is 12.5. The maximum Gasteiger partial charge on any atom is 0.222 e. The molecule has 0 aliphatic carbocycles. The van der Waals surface area contributed by atoms with Crippen LogP contribution in [-0.4, -0.2) is 49.2 Å². The number of amides is 1. The fourth-order valence-electron chi connectivity index (χ4n) is 3.99. The van der Waals surface area contributed by atoms with Gasteiger partial charge in [-0.05, 0) is 57.4 Å². The smallest absolute Gasteiger partial charge is 0.222 e. The van der Waals surface area contributed by atoms with Crippen LogP contribution >= 0.6 is 0 Å². The number of nitrogens with one attached hydrogen (secondary N) is 1. The van der Waals surface area contributed by atoms with Crippen molar-refractivity contribution >= 4 is 5.91 Å². The van der Waals surface area contributed by atoms with Crippen LogP contribution in [0.4, 0.5) is 0 Å². The molecule has 1 N–H and O–H groups in total. The first-order valence-electron chi connectivity index (χ1n) is 8.45. The van der Waals surface area contributed by atoms with Crippen molar-refractivity contribution in [2.75, 3.05) is 26.2 Å². The largest absolute Gasteiger partial charge is 0.378 e. The molecule has 3 atom stereocenters. The predicted octanol–water partition coefficient (Wildman–Crippen LogP) is 1.94. The van der Waals surface area contributed by atoms with Crippen LogP contribution in [-0.2, 0) is 9.53 Å². The van der Waals surface area contributed by atoms with E-state index in [4.69, 9.17) is 4.74 Å². The molecule has 4 nitrogen and oxygen atoms in total. The number of ether oxygens (including phenoxy) is 1. The summed E-state index contributed by atoms with van der Waals surface area (Å²) in [4.78, 5) is 14.5. The summed E-state index contributed by atoms with van der Waals surface area (Å²) in [5, 5.41) is 3.60. The quantitative estimate of drug-likeness (QED) is 0.855. The summed E-state index contributed by atoms with van der Waals surface area (Å²) >= 11 is 0. The van der Waals surface area contributed by atoms with Crippen molar-refractivity contribution in [1.29, 1.82) is 0 Å². The van der Waals surface area contributed by atoms with Gasteiger partial charge in [0.15, 0.2) is 0 Å². The van der Waals surface area contributed by atoms with Crippen LogP contribution in [0.2, 0.25) is 0 Å². The molecule has 20 heavy (non-hydrogen) atoms. The highest BCUT2D eigenvalue weighted by Gasteiger charge is 2.31. The van der Waals surface area contributed by atoms with E-state index in [1.165, 1.54) is 25.7 Å². The Morgan fingerprint density at radius 3 is 2.90 bits per heavy atom. The van der Waals surface area contributed by atoms with Crippen LogP contribution in [0.25, 0.3) is 0 Å². The van der Waals surface area contributed by atoms with Crippen LogP contribution in [0.5, 0.6) is 0 Å². The molecule has 3 saturated heterocycles. The maximum absolute atomic E-state index is 12.4. The number of nitrogens with zero attached hydrogens (tertiary/aromatic N) is 1. The Kier molecular flexibility index (Phi) is 4.94. The van der Waals surface area contributed by atoms with Crippen molar-refractivity contribution in [3.63, 3.8) is 0 Å². The van der Waals surface area contributed by atoms with E-state index in [0.29, 0.717) is 30.4 Å². The van der Waals surface area contributed by atoms with E-state index in [0.717, 1.165) is 45.5 Å². The van der Waals surface area contributed by atoms with Crippen LogP contribution in [0, 0.1) is 5.92 Å². The molecule has 1 amide bonds. The Bertz CT molecular complexity index is 322. The van der Waals surface area contributed by atoms with Crippen LogP contribution < -0.4 is 5.32 Å². The van der Waals surface area contributed by atoms with E-state index in [9.17, 15) is 4.79 Å². The van der Waals surface area contributed by atoms with Crippen LogP contribution in [0.15, 0.2) is 0 Å². The summed E-state index contributed by atoms with van der Waals surface area (Å²) in [5.74, 6) is 1.03.